The zero-order valence-corrected chi connectivity index (χ0v) is 13.1. The molecule has 124 valence electrons. The average Bonchev–Trinajstić information content (AvgIpc) is 3.26. The Morgan fingerprint density at radius 2 is 2.21 bits per heavy atom. The highest BCUT2D eigenvalue weighted by molar-refractivity contribution is 5.76. The lowest BCUT2D eigenvalue weighted by Gasteiger charge is -2.35. The van der Waals surface area contributed by atoms with Crippen molar-refractivity contribution in [3.63, 3.8) is 0 Å². The van der Waals surface area contributed by atoms with Crippen LogP contribution in [0.3, 0.4) is 0 Å². The van der Waals surface area contributed by atoms with Crippen LogP contribution in [0.5, 0.6) is 0 Å². The first kappa shape index (κ1) is 14.7. The average molecular weight is 326 g/mol. The molecule has 1 N–H and O–H groups in total. The number of piperidine rings is 1. The summed E-state index contributed by atoms with van der Waals surface area (Å²) in [5.74, 6) is 0.509. The maximum Gasteiger partial charge on any atom is 0.259 e. The number of likely N-dealkylation sites (tertiary alicyclic amines) is 1. The fraction of sp³-hybridized carbons (Fsp3) is 0.375. The molecule has 1 aliphatic heterocycles. The van der Waals surface area contributed by atoms with E-state index >= 15 is 0 Å². The van der Waals surface area contributed by atoms with Crippen molar-refractivity contribution in [3.05, 3.63) is 53.0 Å². The van der Waals surface area contributed by atoms with Gasteiger partial charge in [-0.2, -0.15) is 5.10 Å². The monoisotopic (exact) mass is 326 g/mol. The Balaban J connectivity index is 1.65. The molecule has 0 spiro atoms. The minimum absolute atomic E-state index is 0.00691. The summed E-state index contributed by atoms with van der Waals surface area (Å²) in [6.07, 6.45) is 9.46. The molecule has 1 amide bonds. The Labute approximate surface area is 137 Å². The molecular weight excluding hydrogens is 308 g/mol. The molecule has 0 unspecified atom stereocenters. The highest BCUT2D eigenvalue weighted by Gasteiger charge is 2.29. The van der Waals surface area contributed by atoms with Crippen LogP contribution < -0.4 is 5.56 Å². The van der Waals surface area contributed by atoms with Crippen LogP contribution in [-0.2, 0) is 11.3 Å². The van der Waals surface area contributed by atoms with E-state index < -0.39 is 0 Å². The summed E-state index contributed by atoms with van der Waals surface area (Å²) >= 11 is 0. The van der Waals surface area contributed by atoms with Crippen LogP contribution in [-0.4, -0.2) is 41.5 Å². The number of aromatic amines is 1. The molecule has 3 aromatic rings. The van der Waals surface area contributed by atoms with Crippen molar-refractivity contribution in [1.82, 2.24) is 29.0 Å². The fourth-order valence-corrected chi connectivity index (χ4v) is 3.30. The summed E-state index contributed by atoms with van der Waals surface area (Å²) in [6.45, 7) is 0.895. The molecule has 1 atom stereocenters. The van der Waals surface area contributed by atoms with Crippen LogP contribution in [0.1, 0.15) is 31.0 Å². The molecule has 0 aliphatic carbocycles. The number of nitrogens with zero attached hydrogens (tertiary/aromatic N) is 5. The van der Waals surface area contributed by atoms with Gasteiger partial charge < -0.3 is 9.88 Å². The summed E-state index contributed by atoms with van der Waals surface area (Å²) in [7, 11) is 0. The number of hydrogen-bond donors (Lipinski definition) is 1. The molecule has 4 heterocycles. The summed E-state index contributed by atoms with van der Waals surface area (Å²) in [5.41, 5.74) is 0.605. The second-order valence-electron chi connectivity index (χ2n) is 5.99. The van der Waals surface area contributed by atoms with Gasteiger partial charge in [-0.3, -0.25) is 18.7 Å². The lowest BCUT2D eigenvalue weighted by molar-refractivity contribution is -0.136. The van der Waals surface area contributed by atoms with Crippen molar-refractivity contribution in [3.8, 4) is 0 Å². The van der Waals surface area contributed by atoms with Crippen molar-refractivity contribution < 1.29 is 4.79 Å². The molecule has 8 nitrogen and oxygen atoms in total. The van der Waals surface area contributed by atoms with E-state index in [4.69, 9.17) is 0 Å². The second-order valence-corrected chi connectivity index (χ2v) is 5.99. The lowest BCUT2D eigenvalue weighted by Crippen LogP contribution is -2.41. The van der Waals surface area contributed by atoms with Crippen molar-refractivity contribution in [2.75, 3.05) is 6.54 Å². The zero-order valence-electron chi connectivity index (χ0n) is 13.1. The third-order valence-corrected chi connectivity index (χ3v) is 4.45. The molecule has 1 saturated heterocycles. The number of carbonyl (C=O) groups excluding carboxylic acids is 1. The summed E-state index contributed by atoms with van der Waals surface area (Å²) in [4.78, 5) is 34.1. The SMILES string of the molecule is O=C(Cn1cccn1)N1CCCC[C@H]1c1cc(=O)n2ccnc2[nH]1. The van der Waals surface area contributed by atoms with Crippen molar-refractivity contribution in [2.45, 2.75) is 31.8 Å². The third kappa shape index (κ3) is 2.60. The quantitative estimate of drug-likeness (QED) is 0.777. The van der Waals surface area contributed by atoms with Crippen LogP contribution in [0.2, 0.25) is 0 Å². The molecule has 24 heavy (non-hydrogen) atoms. The third-order valence-electron chi connectivity index (χ3n) is 4.45. The van der Waals surface area contributed by atoms with Gasteiger partial charge in [-0.1, -0.05) is 0 Å². The highest BCUT2D eigenvalue weighted by Crippen LogP contribution is 2.29. The van der Waals surface area contributed by atoms with Gasteiger partial charge in [0, 0.05) is 43.1 Å². The first-order chi connectivity index (χ1) is 11.7. The van der Waals surface area contributed by atoms with Crippen LogP contribution in [0.15, 0.2) is 41.7 Å². The Morgan fingerprint density at radius 1 is 1.29 bits per heavy atom. The maximum atomic E-state index is 12.7. The van der Waals surface area contributed by atoms with Crippen LogP contribution >= 0.6 is 0 Å². The zero-order chi connectivity index (χ0) is 16.5. The fourth-order valence-electron chi connectivity index (χ4n) is 3.30. The molecule has 0 saturated carbocycles. The maximum absolute atomic E-state index is 12.7. The number of rotatable bonds is 3. The van der Waals surface area contributed by atoms with Crippen molar-refractivity contribution >= 4 is 11.7 Å². The predicted molar refractivity (Wildman–Crippen MR) is 86.3 cm³/mol. The number of imidazole rings is 1. The molecule has 1 aliphatic rings. The van der Waals surface area contributed by atoms with E-state index in [2.05, 4.69) is 15.1 Å². The Kier molecular flexibility index (Phi) is 3.64. The largest absolute Gasteiger partial charge is 0.333 e. The first-order valence-corrected chi connectivity index (χ1v) is 8.05. The molecule has 1 fully saturated rings. The molecule has 3 aromatic heterocycles. The lowest BCUT2D eigenvalue weighted by atomic mass is 9.99. The van der Waals surface area contributed by atoms with Crippen LogP contribution in [0.4, 0.5) is 0 Å². The first-order valence-electron chi connectivity index (χ1n) is 8.05. The Bertz CT molecular complexity index is 910. The number of carbonyl (C=O) groups is 1. The van der Waals surface area contributed by atoms with Gasteiger partial charge >= 0.3 is 0 Å². The molecule has 0 bridgehead atoms. The van der Waals surface area contributed by atoms with E-state index in [9.17, 15) is 9.59 Å². The Hall–Kier alpha value is -2.90. The van der Waals surface area contributed by atoms with Crippen LogP contribution in [0, 0.1) is 0 Å². The van der Waals surface area contributed by atoms with Gasteiger partial charge in [0.05, 0.1) is 6.04 Å². The molecule has 0 radical (unpaired) electrons. The van der Waals surface area contributed by atoms with E-state index in [1.54, 1.807) is 41.6 Å². The molecular formula is C16H18N6O2. The normalized spacial score (nSPS) is 18.2. The van der Waals surface area contributed by atoms with E-state index in [1.165, 1.54) is 4.40 Å². The van der Waals surface area contributed by atoms with Crippen molar-refractivity contribution in [2.24, 2.45) is 0 Å². The van der Waals surface area contributed by atoms with E-state index in [0.717, 1.165) is 25.0 Å². The number of hydrogen-bond acceptors (Lipinski definition) is 4. The van der Waals surface area contributed by atoms with Gasteiger partial charge in [0.25, 0.3) is 5.56 Å². The van der Waals surface area contributed by atoms with Gasteiger partial charge in [-0.15, -0.1) is 0 Å². The summed E-state index contributed by atoms with van der Waals surface area (Å²) in [6, 6.07) is 3.24. The van der Waals surface area contributed by atoms with Crippen molar-refractivity contribution in [1.29, 1.82) is 0 Å². The number of fused-ring (bicyclic) bond motifs is 1. The minimum atomic E-state index is -0.138. The van der Waals surface area contributed by atoms with Gasteiger partial charge in [-0.25, -0.2) is 4.98 Å². The summed E-state index contributed by atoms with van der Waals surface area (Å²) in [5, 5.41) is 4.09. The van der Waals surface area contributed by atoms with E-state index in [0.29, 0.717) is 12.3 Å². The number of nitrogens with one attached hydrogen (secondary N) is 1. The van der Waals surface area contributed by atoms with E-state index in [-0.39, 0.29) is 24.1 Å². The van der Waals surface area contributed by atoms with Crippen LogP contribution in [0.25, 0.3) is 5.78 Å². The minimum Gasteiger partial charge on any atom is -0.333 e. The standard InChI is InChI=1S/C16H18N6O2/c23-14-10-12(19-16-17-6-9-22(14)16)13-4-1-2-8-21(13)15(24)11-20-7-3-5-18-20/h3,5-7,9-10,13H,1-2,4,8,11H2,(H,17,19)/t13-/m0/s1. The number of amides is 1. The number of aromatic nitrogens is 5. The predicted octanol–water partition coefficient (Wildman–Crippen LogP) is 0.973. The Morgan fingerprint density at radius 3 is 3.04 bits per heavy atom. The topological polar surface area (TPSA) is 88.3 Å². The van der Waals surface area contributed by atoms with Gasteiger partial charge in [0.2, 0.25) is 11.7 Å². The molecule has 0 aromatic carbocycles. The highest BCUT2D eigenvalue weighted by atomic mass is 16.2. The summed E-state index contributed by atoms with van der Waals surface area (Å²) < 4.78 is 3.08. The second kappa shape index (κ2) is 5.95. The van der Waals surface area contributed by atoms with Gasteiger partial charge in [-0.05, 0) is 25.3 Å². The molecule has 8 heteroatoms. The van der Waals surface area contributed by atoms with E-state index in [1.807, 2.05) is 4.90 Å². The molecule has 4 rings (SSSR count). The number of H-pyrrole nitrogens is 1. The van der Waals surface area contributed by atoms with Gasteiger partial charge in [0.15, 0.2) is 0 Å². The van der Waals surface area contributed by atoms with Gasteiger partial charge in [0.1, 0.15) is 6.54 Å². The smallest absolute Gasteiger partial charge is 0.259 e.